The number of primary amides is 1. The molecular weight excluding hydrogens is 280 g/mol. The minimum Gasteiger partial charge on any atom is -0.369 e. The summed E-state index contributed by atoms with van der Waals surface area (Å²) in [5.41, 5.74) is 7.03. The highest BCUT2D eigenvalue weighted by molar-refractivity contribution is 6.01. The molecule has 1 fully saturated rings. The maximum absolute atomic E-state index is 12.6. The molecule has 1 unspecified atom stereocenters. The molecular formula is C17H20N2O3. The lowest BCUT2D eigenvalue weighted by molar-refractivity contribution is -0.138. The van der Waals surface area contributed by atoms with Gasteiger partial charge in [0.15, 0.2) is 5.78 Å². The lowest BCUT2D eigenvalue weighted by Gasteiger charge is -2.34. The monoisotopic (exact) mass is 300 g/mol. The first-order valence-corrected chi connectivity index (χ1v) is 7.75. The average Bonchev–Trinajstić information content (AvgIpc) is 2.54. The van der Waals surface area contributed by atoms with E-state index in [9.17, 15) is 14.4 Å². The molecule has 1 aliphatic carbocycles. The molecule has 5 nitrogen and oxygen atoms in total. The highest BCUT2D eigenvalue weighted by Crippen LogP contribution is 2.28. The zero-order valence-electron chi connectivity index (χ0n) is 12.5. The molecule has 1 aromatic rings. The van der Waals surface area contributed by atoms with Gasteiger partial charge in [0.1, 0.15) is 0 Å². The first kappa shape index (κ1) is 14.8. The predicted molar refractivity (Wildman–Crippen MR) is 81.1 cm³/mol. The number of fused-ring (bicyclic) bond motifs is 1. The number of rotatable bonds is 2. The SMILES string of the molecule is NC(=O)C1CCN(C(=O)C2CC(=O)c3ccccc3C2)CC1. The molecule has 1 saturated heterocycles. The van der Waals surface area contributed by atoms with Gasteiger partial charge in [-0.3, -0.25) is 14.4 Å². The van der Waals surface area contributed by atoms with Crippen molar-refractivity contribution in [2.75, 3.05) is 13.1 Å². The minimum absolute atomic E-state index is 0.0331. The summed E-state index contributed by atoms with van der Waals surface area (Å²) in [6, 6.07) is 7.51. The second-order valence-corrected chi connectivity index (χ2v) is 6.19. The second kappa shape index (κ2) is 5.91. The minimum atomic E-state index is -0.283. The average molecular weight is 300 g/mol. The van der Waals surface area contributed by atoms with Crippen molar-refractivity contribution in [3.8, 4) is 0 Å². The Balaban J connectivity index is 1.67. The van der Waals surface area contributed by atoms with Crippen LogP contribution in [0.25, 0.3) is 0 Å². The third-order valence-corrected chi connectivity index (χ3v) is 4.77. The number of carbonyl (C=O) groups is 3. The van der Waals surface area contributed by atoms with E-state index in [1.165, 1.54) is 0 Å². The molecule has 22 heavy (non-hydrogen) atoms. The van der Waals surface area contributed by atoms with Gasteiger partial charge in [-0.1, -0.05) is 24.3 Å². The van der Waals surface area contributed by atoms with Gasteiger partial charge in [-0.2, -0.15) is 0 Å². The largest absolute Gasteiger partial charge is 0.369 e. The van der Waals surface area contributed by atoms with Gasteiger partial charge in [0.05, 0.1) is 0 Å². The van der Waals surface area contributed by atoms with Crippen LogP contribution in [0.4, 0.5) is 0 Å². The van der Waals surface area contributed by atoms with Gasteiger partial charge in [0, 0.05) is 36.9 Å². The van der Waals surface area contributed by atoms with Crippen LogP contribution in [0, 0.1) is 11.8 Å². The van der Waals surface area contributed by atoms with Crippen LogP contribution in [0.15, 0.2) is 24.3 Å². The van der Waals surface area contributed by atoms with Gasteiger partial charge >= 0.3 is 0 Å². The molecule has 5 heteroatoms. The molecule has 0 spiro atoms. The number of piperidine rings is 1. The van der Waals surface area contributed by atoms with E-state index in [1.807, 2.05) is 24.3 Å². The fourth-order valence-corrected chi connectivity index (χ4v) is 3.46. The zero-order chi connectivity index (χ0) is 15.7. The van der Waals surface area contributed by atoms with E-state index in [0.29, 0.717) is 32.4 Å². The lowest BCUT2D eigenvalue weighted by atomic mass is 9.82. The van der Waals surface area contributed by atoms with Crippen LogP contribution in [0.5, 0.6) is 0 Å². The summed E-state index contributed by atoms with van der Waals surface area (Å²) in [6.45, 7) is 1.11. The number of hydrogen-bond donors (Lipinski definition) is 1. The number of Topliss-reactive ketones (excluding diaryl/α,β-unsaturated/α-hetero) is 1. The van der Waals surface area contributed by atoms with Gasteiger partial charge in [-0.05, 0) is 24.8 Å². The quantitative estimate of drug-likeness (QED) is 0.890. The molecule has 3 rings (SSSR count). The maximum atomic E-state index is 12.6. The third-order valence-electron chi connectivity index (χ3n) is 4.77. The Morgan fingerprint density at radius 2 is 1.73 bits per heavy atom. The van der Waals surface area contributed by atoms with Crippen LogP contribution >= 0.6 is 0 Å². The van der Waals surface area contributed by atoms with Crippen molar-refractivity contribution in [2.24, 2.45) is 17.6 Å². The first-order valence-electron chi connectivity index (χ1n) is 7.75. The fourth-order valence-electron chi connectivity index (χ4n) is 3.46. The Morgan fingerprint density at radius 1 is 1.05 bits per heavy atom. The first-order chi connectivity index (χ1) is 10.6. The third kappa shape index (κ3) is 2.75. The Labute approximate surface area is 129 Å². The summed E-state index contributed by atoms with van der Waals surface area (Å²) in [5.74, 6) is -0.600. The van der Waals surface area contributed by atoms with Crippen molar-refractivity contribution in [3.05, 3.63) is 35.4 Å². The Kier molecular flexibility index (Phi) is 3.96. The van der Waals surface area contributed by atoms with Crippen molar-refractivity contribution >= 4 is 17.6 Å². The van der Waals surface area contributed by atoms with Crippen LogP contribution in [0.2, 0.25) is 0 Å². The zero-order valence-corrected chi connectivity index (χ0v) is 12.5. The number of ketones is 1. The highest BCUT2D eigenvalue weighted by atomic mass is 16.2. The van der Waals surface area contributed by atoms with Crippen molar-refractivity contribution < 1.29 is 14.4 Å². The van der Waals surface area contributed by atoms with Crippen LogP contribution in [0.3, 0.4) is 0 Å². The summed E-state index contributed by atoms with van der Waals surface area (Å²) in [4.78, 5) is 37.8. The van der Waals surface area contributed by atoms with E-state index in [1.54, 1.807) is 4.90 Å². The van der Waals surface area contributed by atoms with Gasteiger partial charge < -0.3 is 10.6 Å². The van der Waals surface area contributed by atoms with Crippen molar-refractivity contribution in [1.29, 1.82) is 0 Å². The fraction of sp³-hybridized carbons (Fsp3) is 0.471. The van der Waals surface area contributed by atoms with Gasteiger partial charge in [-0.15, -0.1) is 0 Å². The molecule has 2 aliphatic rings. The summed E-state index contributed by atoms with van der Waals surface area (Å²) in [5, 5.41) is 0. The molecule has 2 amide bonds. The van der Waals surface area contributed by atoms with Crippen LogP contribution in [0.1, 0.15) is 35.2 Å². The Morgan fingerprint density at radius 3 is 2.41 bits per heavy atom. The molecule has 0 radical (unpaired) electrons. The van der Waals surface area contributed by atoms with E-state index >= 15 is 0 Å². The molecule has 1 aliphatic heterocycles. The number of amides is 2. The van der Waals surface area contributed by atoms with E-state index < -0.39 is 0 Å². The number of hydrogen-bond acceptors (Lipinski definition) is 3. The highest BCUT2D eigenvalue weighted by Gasteiger charge is 2.34. The van der Waals surface area contributed by atoms with Crippen molar-refractivity contribution in [1.82, 2.24) is 4.90 Å². The Bertz CT molecular complexity index is 618. The van der Waals surface area contributed by atoms with Crippen molar-refractivity contribution in [3.63, 3.8) is 0 Å². The topological polar surface area (TPSA) is 80.5 Å². The molecule has 0 bridgehead atoms. The summed E-state index contributed by atoms with van der Waals surface area (Å²) < 4.78 is 0. The standard InChI is InChI=1S/C17H20N2O3/c18-16(21)11-5-7-19(8-6-11)17(22)13-9-12-3-1-2-4-14(12)15(20)10-13/h1-4,11,13H,5-10H2,(H2,18,21). The molecule has 116 valence electrons. The molecule has 1 aromatic carbocycles. The molecule has 1 heterocycles. The van der Waals surface area contributed by atoms with E-state index in [2.05, 4.69) is 0 Å². The van der Waals surface area contributed by atoms with Crippen LogP contribution < -0.4 is 5.73 Å². The van der Waals surface area contributed by atoms with E-state index in [4.69, 9.17) is 5.73 Å². The van der Waals surface area contributed by atoms with Gasteiger partial charge in [0.2, 0.25) is 11.8 Å². The number of nitrogens with two attached hydrogens (primary N) is 1. The number of likely N-dealkylation sites (tertiary alicyclic amines) is 1. The summed E-state index contributed by atoms with van der Waals surface area (Å²) >= 11 is 0. The molecule has 0 saturated carbocycles. The molecule has 0 aromatic heterocycles. The lowest BCUT2D eigenvalue weighted by Crippen LogP contribution is -2.45. The Hall–Kier alpha value is -2.17. The number of carbonyl (C=O) groups excluding carboxylic acids is 3. The van der Waals surface area contributed by atoms with Crippen LogP contribution in [-0.4, -0.2) is 35.6 Å². The van der Waals surface area contributed by atoms with Crippen molar-refractivity contribution in [2.45, 2.75) is 25.7 Å². The smallest absolute Gasteiger partial charge is 0.226 e. The van der Waals surface area contributed by atoms with E-state index in [0.717, 1.165) is 11.1 Å². The second-order valence-electron chi connectivity index (χ2n) is 6.19. The summed E-state index contributed by atoms with van der Waals surface area (Å²) in [7, 11) is 0. The van der Waals surface area contributed by atoms with Crippen LogP contribution in [-0.2, 0) is 16.0 Å². The molecule has 2 N–H and O–H groups in total. The maximum Gasteiger partial charge on any atom is 0.226 e. The predicted octanol–water partition coefficient (Wildman–Crippen LogP) is 1.16. The van der Waals surface area contributed by atoms with E-state index in [-0.39, 0.29) is 35.9 Å². The molecule has 1 atom stereocenters. The van der Waals surface area contributed by atoms with Gasteiger partial charge in [-0.25, -0.2) is 0 Å². The number of nitrogens with zero attached hydrogens (tertiary/aromatic N) is 1. The number of benzene rings is 1. The van der Waals surface area contributed by atoms with Gasteiger partial charge in [0.25, 0.3) is 0 Å². The summed E-state index contributed by atoms with van der Waals surface area (Å²) in [6.07, 6.45) is 2.15. The normalized spacial score (nSPS) is 22.3.